The molecule has 0 amide bonds. The van der Waals surface area contributed by atoms with Gasteiger partial charge in [-0.1, -0.05) is 11.6 Å². The molecule has 2 aromatic rings. The van der Waals surface area contributed by atoms with Crippen molar-refractivity contribution in [3.05, 3.63) is 45.2 Å². The minimum absolute atomic E-state index is 0.0168. The number of unbranched alkanes of at least 4 members (excludes halogenated alkanes) is 1. The van der Waals surface area contributed by atoms with E-state index in [1.807, 2.05) is 18.2 Å². The van der Waals surface area contributed by atoms with Gasteiger partial charge < -0.3 is 10.7 Å². The number of pyridine rings is 1. The van der Waals surface area contributed by atoms with E-state index in [1.165, 1.54) is 0 Å². The smallest absolute Gasteiger partial charge is 0.251 e. The summed E-state index contributed by atoms with van der Waals surface area (Å²) in [6.07, 6.45) is 2.63. The lowest BCUT2D eigenvalue weighted by Gasteiger charge is -2.03. The summed E-state index contributed by atoms with van der Waals surface area (Å²) in [6, 6.07) is 7.37. The van der Waals surface area contributed by atoms with Gasteiger partial charge in [0.25, 0.3) is 5.56 Å². The zero-order chi connectivity index (χ0) is 12.3. The largest absolute Gasteiger partial charge is 0.330 e. The molecule has 0 saturated carbocycles. The van der Waals surface area contributed by atoms with Crippen LogP contribution in [-0.4, -0.2) is 11.5 Å². The van der Waals surface area contributed by atoms with Gasteiger partial charge in [0.15, 0.2) is 0 Å². The fourth-order valence-corrected chi connectivity index (χ4v) is 2.05. The summed E-state index contributed by atoms with van der Waals surface area (Å²) < 4.78 is 0. The van der Waals surface area contributed by atoms with Crippen LogP contribution in [0.15, 0.2) is 29.1 Å². The van der Waals surface area contributed by atoms with Crippen LogP contribution < -0.4 is 11.3 Å². The van der Waals surface area contributed by atoms with Gasteiger partial charge in [-0.2, -0.15) is 0 Å². The lowest BCUT2D eigenvalue weighted by Crippen LogP contribution is -2.12. The molecule has 0 fully saturated rings. The average molecular weight is 251 g/mol. The van der Waals surface area contributed by atoms with Gasteiger partial charge in [0.2, 0.25) is 0 Å². The van der Waals surface area contributed by atoms with E-state index in [-0.39, 0.29) is 5.56 Å². The van der Waals surface area contributed by atoms with Gasteiger partial charge >= 0.3 is 0 Å². The van der Waals surface area contributed by atoms with Crippen LogP contribution in [0.3, 0.4) is 0 Å². The fraction of sp³-hybridized carbons (Fsp3) is 0.308. The van der Waals surface area contributed by atoms with Gasteiger partial charge in [-0.3, -0.25) is 4.79 Å². The summed E-state index contributed by atoms with van der Waals surface area (Å²) in [5.74, 6) is 0. The van der Waals surface area contributed by atoms with Crippen LogP contribution in [0.5, 0.6) is 0 Å². The number of rotatable bonds is 4. The number of benzene rings is 1. The van der Waals surface area contributed by atoms with E-state index in [2.05, 4.69) is 4.98 Å². The maximum Gasteiger partial charge on any atom is 0.251 e. The predicted octanol–water partition coefficient (Wildman–Crippen LogP) is 2.46. The predicted molar refractivity (Wildman–Crippen MR) is 71.6 cm³/mol. The molecular formula is C13H15ClN2O. The molecule has 0 atom stereocenters. The Morgan fingerprint density at radius 3 is 2.82 bits per heavy atom. The highest BCUT2D eigenvalue weighted by atomic mass is 35.5. The van der Waals surface area contributed by atoms with E-state index in [0.717, 1.165) is 35.7 Å². The van der Waals surface area contributed by atoms with E-state index < -0.39 is 0 Å². The van der Waals surface area contributed by atoms with Crippen molar-refractivity contribution in [1.29, 1.82) is 0 Å². The zero-order valence-corrected chi connectivity index (χ0v) is 10.3. The number of fused-ring (bicyclic) bond motifs is 1. The van der Waals surface area contributed by atoms with Crippen molar-refractivity contribution in [2.24, 2.45) is 5.73 Å². The first-order chi connectivity index (χ1) is 8.20. The van der Waals surface area contributed by atoms with Gasteiger partial charge in [-0.05, 0) is 55.5 Å². The van der Waals surface area contributed by atoms with E-state index in [9.17, 15) is 4.79 Å². The first-order valence-electron chi connectivity index (χ1n) is 5.72. The molecule has 17 heavy (non-hydrogen) atoms. The zero-order valence-electron chi connectivity index (χ0n) is 9.50. The number of nitrogens with two attached hydrogens (primary N) is 1. The second kappa shape index (κ2) is 5.34. The monoisotopic (exact) mass is 250 g/mol. The van der Waals surface area contributed by atoms with Crippen molar-refractivity contribution >= 4 is 22.5 Å². The number of H-pyrrole nitrogens is 1. The van der Waals surface area contributed by atoms with Crippen molar-refractivity contribution in [1.82, 2.24) is 4.98 Å². The Balaban J connectivity index is 2.36. The third kappa shape index (κ3) is 2.87. The van der Waals surface area contributed by atoms with E-state index in [1.54, 1.807) is 6.07 Å². The minimum atomic E-state index is -0.0168. The Bertz CT molecular complexity index is 577. The quantitative estimate of drug-likeness (QED) is 0.819. The van der Waals surface area contributed by atoms with Crippen molar-refractivity contribution in [2.75, 3.05) is 6.54 Å². The second-order valence-corrected chi connectivity index (χ2v) is 4.54. The molecule has 0 aliphatic carbocycles. The lowest BCUT2D eigenvalue weighted by molar-refractivity contribution is 0.740. The van der Waals surface area contributed by atoms with E-state index in [4.69, 9.17) is 17.3 Å². The average Bonchev–Trinajstić information content (AvgIpc) is 2.31. The fourth-order valence-electron chi connectivity index (χ4n) is 1.87. The number of nitrogens with one attached hydrogen (secondary N) is 1. The summed E-state index contributed by atoms with van der Waals surface area (Å²) in [4.78, 5) is 14.7. The third-order valence-electron chi connectivity index (χ3n) is 2.78. The minimum Gasteiger partial charge on any atom is -0.330 e. The molecule has 0 spiro atoms. The standard InChI is InChI=1S/C13H15ClN2O/c14-11-4-5-12-10(8-11)7-9(13(17)16-12)3-1-2-6-15/h4-5,7-8H,1-3,6,15H2,(H,16,17). The van der Waals surface area contributed by atoms with Crippen LogP contribution in [0, 0.1) is 0 Å². The Hall–Kier alpha value is -1.32. The first kappa shape index (κ1) is 12.1. The summed E-state index contributed by atoms with van der Waals surface area (Å²) in [6.45, 7) is 0.664. The van der Waals surface area contributed by atoms with E-state index >= 15 is 0 Å². The molecule has 1 aromatic carbocycles. The van der Waals surface area contributed by atoms with Crippen molar-refractivity contribution in [2.45, 2.75) is 19.3 Å². The van der Waals surface area contributed by atoms with Gasteiger partial charge in [-0.15, -0.1) is 0 Å². The molecule has 0 bridgehead atoms. The summed E-state index contributed by atoms with van der Waals surface area (Å²) in [5.41, 5.74) is 7.04. The Morgan fingerprint density at radius 1 is 1.24 bits per heavy atom. The maximum atomic E-state index is 11.8. The number of aromatic amines is 1. The number of hydrogen-bond donors (Lipinski definition) is 2. The molecule has 0 saturated heterocycles. The Kier molecular flexibility index (Phi) is 3.82. The molecule has 2 rings (SSSR count). The van der Waals surface area contributed by atoms with Crippen LogP contribution in [0.1, 0.15) is 18.4 Å². The number of hydrogen-bond acceptors (Lipinski definition) is 2. The second-order valence-electron chi connectivity index (χ2n) is 4.10. The molecule has 0 radical (unpaired) electrons. The maximum absolute atomic E-state index is 11.8. The Labute approximate surface area is 105 Å². The van der Waals surface area contributed by atoms with Crippen LogP contribution in [0.4, 0.5) is 0 Å². The molecule has 3 nitrogen and oxygen atoms in total. The first-order valence-corrected chi connectivity index (χ1v) is 6.10. The number of halogens is 1. The van der Waals surface area contributed by atoms with Crippen molar-refractivity contribution in [3.8, 4) is 0 Å². The molecular weight excluding hydrogens is 236 g/mol. The van der Waals surface area contributed by atoms with E-state index in [0.29, 0.717) is 11.6 Å². The van der Waals surface area contributed by atoms with Crippen LogP contribution in [0.25, 0.3) is 10.9 Å². The normalized spacial score (nSPS) is 10.9. The summed E-state index contributed by atoms with van der Waals surface area (Å²) in [7, 11) is 0. The van der Waals surface area contributed by atoms with Crippen molar-refractivity contribution in [3.63, 3.8) is 0 Å². The SMILES string of the molecule is NCCCCc1cc2cc(Cl)ccc2[nH]c1=O. The number of aryl methyl sites for hydroxylation is 1. The van der Waals surface area contributed by atoms with Gasteiger partial charge in [-0.25, -0.2) is 0 Å². The molecule has 1 heterocycles. The molecule has 4 heteroatoms. The van der Waals surface area contributed by atoms with Gasteiger partial charge in [0.05, 0.1) is 0 Å². The van der Waals surface area contributed by atoms with Gasteiger partial charge in [0, 0.05) is 16.1 Å². The molecule has 0 aliphatic rings. The third-order valence-corrected chi connectivity index (χ3v) is 3.02. The summed E-state index contributed by atoms with van der Waals surface area (Å²) >= 11 is 5.93. The molecule has 3 N–H and O–H groups in total. The lowest BCUT2D eigenvalue weighted by atomic mass is 10.1. The summed E-state index contributed by atoms with van der Waals surface area (Å²) in [5, 5.41) is 1.65. The van der Waals surface area contributed by atoms with Crippen LogP contribution in [0.2, 0.25) is 5.02 Å². The van der Waals surface area contributed by atoms with Gasteiger partial charge in [0.1, 0.15) is 0 Å². The topological polar surface area (TPSA) is 58.9 Å². The van der Waals surface area contributed by atoms with Crippen LogP contribution >= 0.6 is 11.6 Å². The molecule has 0 aliphatic heterocycles. The van der Waals surface area contributed by atoms with Crippen LogP contribution in [-0.2, 0) is 6.42 Å². The number of aromatic nitrogens is 1. The molecule has 90 valence electrons. The molecule has 1 aromatic heterocycles. The highest BCUT2D eigenvalue weighted by Crippen LogP contribution is 2.17. The van der Waals surface area contributed by atoms with Crippen molar-refractivity contribution < 1.29 is 0 Å². The molecule has 0 unspecified atom stereocenters. The highest BCUT2D eigenvalue weighted by molar-refractivity contribution is 6.31. The Morgan fingerprint density at radius 2 is 2.06 bits per heavy atom. The highest BCUT2D eigenvalue weighted by Gasteiger charge is 2.03.